The molecule has 1 saturated heterocycles. The van der Waals surface area contributed by atoms with Crippen molar-refractivity contribution >= 4 is 10.0 Å². The first-order chi connectivity index (χ1) is 13.3. The number of nitrogens with zero attached hydrogens (tertiary/aromatic N) is 2. The second-order valence-electron chi connectivity index (χ2n) is 6.84. The monoisotopic (exact) mass is 406 g/mol. The molecule has 7 nitrogen and oxygen atoms in total. The molecule has 0 saturated carbocycles. The molecule has 1 aliphatic heterocycles. The molecule has 1 aliphatic rings. The lowest BCUT2D eigenvalue weighted by molar-refractivity contribution is 0.181. The normalized spacial score (nSPS) is 16.1. The summed E-state index contributed by atoms with van der Waals surface area (Å²) < 4.78 is 37.6. The van der Waals surface area contributed by atoms with Crippen molar-refractivity contribution in [2.24, 2.45) is 0 Å². The van der Waals surface area contributed by atoms with Gasteiger partial charge in [-0.1, -0.05) is 17.7 Å². The molecule has 0 aliphatic carbocycles. The molecule has 1 N–H and O–H groups in total. The van der Waals surface area contributed by atoms with Gasteiger partial charge < -0.3 is 14.6 Å². The van der Waals surface area contributed by atoms with Gasteiger partial charge in [-0.15, -0.1) is 0 Å². The average Bonchev–Trinajstić information content (AvgIpc) is 2.70. The highest BCUT2D eigenvalue weighted by molar-refractivity contribution is 7.89. The zero-order chi connectivity index (χ0) is 20.3. The summed E-state index contributed by atoms with van der Waals surface area (Å²) in [5.74, 6) is 0.688. The van der Waals surface area contributed by atoms with Crippen LogP contribution in [-0.2, 0) is 16.6 Å². The van der Waals surface area contributed by atoms with E-state index in [1.807, 2.05) is 19.1 Å². The maximum absolute atomic E-state index is 12.8. The molecule has 0 bridgehead atoms. The van der Waals surface area contributed by atoms with E-state index in [0.717, 1.165) is 11.1 Å². The average molecular weight is 407 g/mol. The third kappa shape index (κ3) is 4.24. The second kappa shape index (κ2) is 8.38. The lowest BCUT2D eigenvalue weighted by Crippen LogP contribution is -2.48. The predicted octanol–water partition coefficient (Wildman–Crippen LogP) is 2.22. The highest BCUT2D eigenvalue weighted by Crippen LogP contribution is 2.37. The molecule has 0 radical (unpaired) electrons. The summed E-state index contributed by atoms with van der Waals surface area (Å²) in [6.45, 7) is 4.66. The standard InChI is InChI=1S/C20H26N2O5S/c1-15-4-6-17(7-5-15)28(24,25)22-10-8-21(9-11-22)14-16-12-18(26-2)20(23)19(13-16)27-3/h4-7,12-13,23H,8-11,14H2,1-3H3. The van der Waals surface area contributed by atoms with Crippen LogP contribution in [-0.4, -0.2) is 63.1 Å². The first-order valence-electron chi connectivity index (χ1n) is 9.08. The van der Waals surface area contributed by atoms with Crippen molar-refractivity contribution in [3.05, 3.63) is 47.5 Å². The second-order valence-corrected chi connectivity index (χ2v) is 8.78. The van der Waals surface area contributed by atoms with E-state index in [2.05, 4.69) is 4.90 Å². The number of phenols is 1. The predicted molar refractivity (Wildman–Crippen MR) is 106 cm³/mol. The van der Waals surface area contributed by atoms with Gasteiger partial charge in [0.1, 0.15) is 0 Å². The van der Waals surface area contributed by atoms with Crippen LogP contribution >= 0.6 is 0 Å². The Labute approximate surface area is 166 Å². The summed E-state index contributed by atoms with van der Waals surface area (Å²) in [6.07, 6.45) is 0. The number of methoxy groups -OCH3 is 2. The molecule has 0 atom stereocenters. The Morgan fingerprint density at radius 2 is 1.50 bits per heavy atom. The minimum Gasteiger partial charge on any atom is -0.502 e. The highest BCUT2D eigenvalue weighted by atomic mass is 32.2. The number of phenolic OH excluding ortho intramolecular Hbond substituents is 1. The third-order valence-corrected chi connectivity index (χ3v) is 6.85. The zero-order valence-electron chi connectivity index (χ0n) is 16.4. The summed E-state index contributed by atoms with van der Waals surface area (Å²) in [4.78, 5) is 2.51. The van der Waals surface area contributed by atoms with Gasteiger partial charge in [0.05, 0.1) is 19.1 Å². The van der Waals surface area contributed by atoms with Crippen LogP contribution in [0.15, 0.2) is 41.3 Å². The fraction of sp³-hybridized carbons (Fsp3) is 0.400. The Hall–Kier alpha value is -2.29. The Bertz CT molecular complexity index is 895. The van der Waals surface area contributed by atoms with Crippen molar-refractivity contribution in [1.29, 1.82) is 0 Å². The lowest BCUT2D eigenvalue weighted by atomic mass is 10.1. The molecule has 0 spiro atoms. The molecule has 0 unspecified atom stereocenters. The Balaban J connectivity index is 1.67. The SMILES string of the molecule is COc1cc(CN2CCN(S(=O)(=O)c3ccc(C)cc3)CC2)cc(OC)c1O. The van der Waals surface area contributed by atoms with Gasteiger partial charge >= 0.3 is 0 Å². The summed E-state index contributed by atoms with van der Waals surface area (Å²) in [6, 6.07) is 10.5. The number of ether oxygens (including phenoxy) is 2. The summed E-state index contributed by atoms with van der Waals surface area (Å²) in [5, 5.41) is 10.0. The van der Waals surface area contributed by atoms with Gasteiger partial charge in [-0.05, 0) is 36.8 Å². The molecular weight excluding hydrogens is 380 g/mol. The van der Waals surface area contributed by atoms with Gasteiger partial charge in [0.15, 0.2) is 11.5 Å². The molecule has 28 heavy (non-hydrogen) atoms. The number of hydrogen-bond donors (Lipinski definition) is 1. The van der Waals surface area contributed by atoms with Crippen LogP contribution in [0.1, 0.15) is 11.1 Å². The van der Waals surface area contributed by atoms with Crippen LogP contribution < -0.4 is 9.47 Å². The molecule has 3 rings (SSSR count). The molecular formula is C20H26N2O5S. The Kier molecular flexibility index (Phi) is 6.12. The topological polar surface area (TPSA) is 79.3 Å². The van der Waals surface area contributed by atoms with Crippen molar-refractivity contribution in [2.45, 2.75) is 18.4 Å². The van der Waals surface area contributed by atoms with E-state index in [1.54, 1.807) is 24.3 Å². The van der Waals surface area contributed by atoms with Crippen molar-refractivity contribution in [3.63, 3.8) is 0 Å². The fourth-order valence-corrected chi connectivity index (χ4v) is 4.71. The largest absolute Gasteiger partial charge is 0.502 e. The molecule has 1 heterocycles. The highest BCUT2D eigenvalue weighted by Gasteiger charge is 2.28. The number of piperazine rings is 1. The Morgan fingerprint density at radius 1 is 0.964 bits per heavy atom. The number of sulfonamides is 1. The van der Waals surface area contributed by atoms with E-state index in [4.69, 9.17) is 9.47 Å². The van der Waals surface area contributed by atoms with Crippen LogP contribution in [0.5, 0.6) is 17.2 Å². The first kappa shape index (κ1) is 20.4. The molecule has 152 valence electrons. The maximum atomic E-state index is 12.8. The van der Waals surface area contributed by atoms with Gasteiger partial charge in [0, 0.05) is 32.7 Å². The van der Waals surface area contributed by atoms with Crippen LogP contribution in [0, 0.1) is 6.92 Å². The number of rotatable bonds is 6. The lowest BCUT2D eigenvalue weighted by Gasteiger charge is -2.34. The third-order valence-electron chi connectivity index (χ3n) is 4.94. The van der Waals surface area contributed by atoms with Crippen molar-refractivity contribution in [1.82, 2.24) is 9.21 Å². The number of hydrogen-bond acceptors (Lipinski definition) is 6. The van der Waals surface area contributed by atoms with Gasteiger partial charge in [0.25, 0.3) is 0 Å². The first-order valence-corrected chi connectivity index (χ1v) is 10.5. The molecule has 1 fully saturated rings. The number of benzene rings is 2. The van der Waals surface area contributed by atoms with E-state index >= 15 is 0 Å². The van der Waals surface area contributed by atoms with Crippen molar-refractivity contribution < 1.29 is 23.0 Å². The van der Waals surface area contributed by atoms with Gasteiger partial charge in [0.2, 0.25) is 15.8 Å². The maximum Gasteiger partial charge on any atom is 0.243 e. The summed E-state index contributed by atoms with van der Waals surface area (Å²) in [5.41, 5.74) is 1.96. The van der Waals surface area contributed by atoms with Crippen LogP contribution in [0.3, 0.4) is 0 Å². The van der Waals surface area contributed by atoms with E-state index in [-0.39, 0.29) is 5.75 Å². The van der Waals surface area contributed by atoms with E-state index < -0.39 is 10.0 Å². The molecule has 2 aromatic rings. The number of aromatic hydroxyl groups is 1. The van der Waals surface area contributed by atoms with Gasteiger partial charge in [-0.25, -0.2) is 8.42 Å². The van der Waals surface area contributed by atoms with Crippen LogP contribution in [0.2, 0.25) is 0 Å². The van der Waals surface area contributed by atoms with Crippen molar-refractivity contribution in [3.8, 4) is 17.2 Å². The fourth-order valence-electron chi connectivity index (χ4n) is 3.28. The molecule has 2 aromatic carbocycles. The van der Waals surface area contributed by atoms with Crippen molar-refractivity contribution in [2.75, 3.05) is 40.4 Å². The Morgan fingerprint density at radius 3 is 2.00 bits per heavy atom. The minimum absolute atomic E-state index is 0.0252. The van der Waals surface area contributed by atoms with E-state index in [9.17, 15) is 13.5 Å². The van der Waals surface area contributed by atoms with Gasteiger partial charge in [-0.2, -0.15) is 4.31 Å². The smallest absolute Gasteiger partial charge is 0.243 e. The minimum atomic E-state index is -3.47. The van der Waals surface area contributed by atoms with Crippen LogP contribution in [0.25, 0.3) is 0 Å². The van der Waals surface area contributed by atoms with Gasteiger partial charge in [-0.3, -0.25) is 4.90 Å². The van der Waals surface area contributed by atoms with E-state index in [0.29, 0.717) is 49.1 Å². The molecule has 8 heteroatoms. The van der Waals surface area contributed by atoms with E-state index in [1.165, 1.54) is 18.5 Å². The summed E-state index contributed by atoms with van der Waals surface area (Å²) in [7, 11) is -0.482. The molecule has 0 aromatic heterocycles. The quantitative estimate of drug-likeness (QED) is 0.793. The van der Waals surface area contributed by atoms with Crippen LogP contribution in [0.4, 0.5) is 0 Å². The summed E-state index contributed by atoms with van der Waals surface area (Å²) >= 11 is 0. The molecule has 0 amide bonds. The number of aryl methyl sites for hydroxylation is 1. The zero-order valence-corrected chi connectivity index (χ0v) is 17.2.